The lowest BCUT2D eigenvalue weighted by atomic mass is 10.0. The van der Waals surface area contributed by atoms with E-state index in [1.54, 1.807) is 89.2 Å². The molecule has 0 bridgehead atoms. The molecule has 614 valence electrons. The van der Waals surface area contributed by atoms with Crippen molar-refractivity contribution in [1.82, 2.24) is 59.5 Å². The fourth-order valence-corrected chi connectivity index (χ4v) is 16.0. The summed E-state index contributed by atoms with van der Waals surface area (Å²) in [7, 11) is 12.1. The maximum absolute atomic E-state index is 13.7. The summed E-state index contributed by atoms with van der Waals surface area (Å²) >= 11 is 1.68. The molecular weight excluding hydrogens is 1580 g/mol. The quantitative estimate of drug-likeness (QED) is 0.0441. The molecule has 7 heterocycles. The average Bonchev–Trinajstić information content (AvgIpc) is 1.68. The number of nitrogens with two attached hydrogens (primary N) is 6. The number of anilines is 4. The first kappa shape index (κ1) is 82.1. The van der Waals surface area contributed by atoms with Gasteiger partial charge in [-0.05, 0) is 138 Å². The fourth-order valence-electron chi connectivity index (χ4n) is 14.9. The second-order valence-corrected chi connectivity index (χ2v) is 29.8. The van der Waals surface area contributed by atoms with Gasteiger partial charge in [-0.15, -0.1) is 11.3 Å². The predicted octanol–water partition coefficient (Wildman–Crippen LogP) is 20.2. The van der Waals surface area contributed by atoms with Gasteiger partial charge in [-0.3, -0.25) is 28.9 Å². The molecule has 20 aromatic rings. The number of H-pyrrole nitrogens is 2. The number of nitrogens with one attached hydrogen (secondary N) is 2. The first-order valence-electron chi connectivity index (χ1n) is 38.3. The van der Waals surface area contributed by atoms with E-state index in [-0.39, 0.29) is 34.6 Å². The molecule has 0 amide bonds. The molecule has 122 heavy (non-hydrogen) atoms. The molecule has 0 saturated carbocycles. The van der Waals surface area contributed by atoms with Crippen molar-refractivity contribution in [2.24, 2.45) is 39.7 Å². The highest BCUT2D eigenvalue weighted by atomic mass is 32.1. The van der Waals surface area contributed by atoms with E-state index < -0.39 is 11.6 Å². The van der Waals surface area contributed by atoms with Crippen LogP contribution in [0.2, 0.25) is 0 Å². The Morgan fingerprint density at radius 2 is 0.844 bits per heavy atom. The van der Waals surface area contributed by atoms with Crippen LogP contribution >= 0.6 is 11.3 Å². The Bertz CT molecular complexity index is 7290. The van der Waals surface area contributed by atoms with Crippen LogP contribution in [0, 0.1) is 41.8 Å². The van der Waals surface area contributed by atoms with E-state index in [1.165, 1.54) is 76.1 Å². The molecule has 0 radical (unpaired) electrons. The molecule has 0 aliphatic rings. The van der Waals surface area contributed by atoms with Crippen LogP contribution < -0.4 is 48.6 Å². The van der Waals surface area contributed by atoms with Crippen LogP contribution in [-0.2, 0) is 41.3 Å². The maximum atomic E-state index is 13.7. The molecule has 13 aromatic carbocycles. The Hall–Kier alpha value is -15.0. The maximum Gasteiger partial charge on any atom is 0.148 e. The first-order valence-corrected chi connectivity index (χ1v) is 39.1. The number of nitrogens with zero attached hydrogens (tertiary/aromatic N) is 10. The molecule has 0 atom stereocenters. The number of aryl methyl sites for hydroxylation is 5. The minimum absolute atomic E-state index is 0.141. The van der Waals surface area contributed by atoms with Gasteiger partial charge in [0, 0.05) is 142 Å². The SMILES string of the molecule is COc1c(CN)ccc2[nH]nc(-c3cccc(F)c3)c12.COc1cc2[nH]nc(-c3cccc(F)c3)c2cc1CN.COc1cc2c(cc1N)c(-c1cccc(F)c1)nn2C.Cc1cc(N)cc2c(-c3cccc(F)c3)nn(C)c12.Cn1nc(-c2cc3ccccc3s2)c2cc(N)c(F)cc21.Cn1nc(-c2ccc3ccccc3c2)c2cc(N)c(F)cc21. The van der Waals surface area contributed by atoms with Crippen LogP contribution in [-0.4, -0.2) is 80.8 Å². The molecule has 0 fully saturated rings. The zero-order valence-electron chi connectivity index (χ0n) is 67.3. The molecule has 0 aliphatic heterocycles. The second-order valence-electron chi connectivity index (χ2n) is 28.7. The average molecular weight is 1660 g/mol. The molecule has 0 saturated heterocycles. The zero-order chi connectivity index (χ0) is 85.9. The molecule has 0 unspecified atom stereocenters. The van der Waals surface area contributed by atoms with Gasteiger partial charge in [-0.1, -0.05) is 109 Å². The molecular formula is C94H82F6N18O3S. The van der Waals surface area contributed by atoms with E-state index in [4.69, 9.17) is 48.6 Å². The number of rotatable bonds is 11. The summed E-state index contributed by atoms with van der Waals surface area (Å²) in [5, 5.41) is 41.3. The normalized spacial score (nSPS) is 11.1. The number of aromatic amines is 2. The van der Waals surface area contributed by atoms with Crippen molar-refractivity contribution in [1.29, 1.82) is 0 Å². The van der Waals surface area contributed by atoms with E-state index in [1.807, 2.05) is 137 Å². The monoisotopic (exact) mass is 1660 g/mol. The molecule has 0 spiro atoms. The van der Waals surface area contributed by atoms with Crippen molar-refractivity contribution in [2.45, 2.75) is 20.0 Å². The van der Waals surface area contributed by atoms with Crippen LogP contribution in [0.5, 0.6) is 17.2 Å². The van der Waals surface area contributed by atoms with Gasteiger partial charge >= 0.3 is 0 Å². The third-order valence-electron chi connectivity index (χ3n) is 20.7. The van der Waals surface area contributed by atoms with E-state index in [0.29, 0.717) is 58.6 Å². The molecule has 20 rings (SSSR count). The third-order valence-corrected chi connectivity index (χ3v) is 21.9. The Morgan fingerprint density at radius 3 is 1.39 bits per heavy atom. The molecule has 7 aromatic heterocycles. The summed E-state index contributed by atoms with van der Waals surface area (Å²) in [5.41, 5.74) is 52.5. The van der Waals surface area contributed by atoms with Gasteiger partial charge in [0.15, 0.2) is 0 Å². The summed E-state index contributed by atoms with van der Waals surface area (Å²) in [6.45, 7) is 2.73. The van der Waals surface area contributed by atoms with Crippen molar-refractivity contribution in [3.05, 3.63) is 294 Å². The van der Waals surface area contributed by atoms with Gasteiger partial charge in [-0.2, -0.15) is 30.6 Å². The van der Waals surface area contributed by atoms with Crippen LogP contribution in [0.3, 0.4) is 0 Å². The standard InChI is InChI=1S/C18H14FN3.C16H12FN3S.3C15H14FN3O.C15H14FN3/c1-22-17-10-15(19)16(20)9-14(17)18(21-22)13-7-6-11-4-2-3-5-12(11)8-13;1-20-13-8-11(17)12(18)7-10(13)16(19-20)15-6-9-4-2-3-5-14(9)21-15;1-19-13-8-14(20-2)12(17)7-11(13)15(18-19)9-4-3-5-10(16)6-9;1-20-14-7-13-12(6-10(14)8-17)15(19-18-13)9-3-2-4-11(16)5-9;1-20-15-10(8-17)5-6-12-13(15)14(19-18-12)9-3-2-4-11(16)7-9;1-9-6-12(17)8-13-14(18-19(2)15(9)13)10-4-3-5-11(16)7-10/h2-10H,20H2,1H3;2-8H,18H2,1H3;3-8H,17H2,1-2H3;2*2-7H,8,17H2,1H3,(H,18,19);3-8H,17H2,1-2H3. The Labute approximate surface area is 698 Å². The number of benzene rings is 13. The van der Waals surface area contributed by atoms with Crippen molar-refractivity contribution in [3.8, 4) is 84.1 Å². The van der Waals surface area contributed by atoms with Gasteiger partial charge in [0.1, 0.15) is 86.3 Å². The van der Waals surface area contributed by atoms with Gasteiger partial charge < -0.3 is 48.6 Å². The summed E-state index contributed by atoms with van der Waals surface area (Å²) < 4.78 is 105. The number of hydrogen-bond acceptors (Lipinski definition) is 16. The highest BCUT2D eigenvalue weighted by molar-refractivity contribution is 7.22. The van der Waals surface area contributed by atoms with Gasteiger partial charge in [0.25, 0.3) is 0 Å². The number of nitrogen functional groups attached to an aromatic ring is 4. The van der Waals surface area contributed by atoms with Gasteiger partial charge in [0.2, 0.25) is 0 Å². The van der Waals surface area contributed by atoms with Gasteiger partial charge in [0.05, 0.1) is 81.8 Å². The molecule has 14 N–H and O–H groups in total. The van der Waals surface area contributed by atoms with Crippen LogP contribution in [0.25, 0.3) is 153 Å². The van der Waals surface area contributed by atoms with Crippen molar-refractivity contribution >= 4 is 120 Å². The van der Waals surface area contributed by atoms with Crippen molar-refractivity contribution in [3.63, 3.8) is 0 Å². The highest BCUT2D eigenvalue weighted by Crippen LogP contribution is 2.42. The summed E-state index contributed by atoms with van der Waals surface area (Å²) in [4.78, 5) is 1.06. The number of aromatic nitrogens is 12. The number of fused-ring (bicyclic) bond motifs is 8. The van der Waals surface area contributed by atoms with Crippen molar-refractivity contribution in [2.75, 3.05) is 44.3 Å². The molecule has 21 nitrogen and oxygen atoms in total. The number of methoxy groups -OCH3 is 3. The number of hydrogen-bond donors (Lipinski definition) is 8. The zero-order valence-corrected chi connectivity index (χ0v) is 68.2. The largest absolute Gasteiger partial charge is 0.496 e. The number of ether oxygens (including phenoxy) is 3. The van der Waals surface area contributed by atoms with E-state index in [0.717, 1.165) is 137 Å². The van der Waals surface area contributed by atoms with Gasteiger partial charge in [-0.25, -0.2) is 26.3 Å². The minimum atomic E-state index is -0.416. The highest BCUT2D eigenvalue weighted by Gasteiger charge is 2.22. The Morgan fingerprint density at radius 1 is 0.369 bits per heavy atom. The summed E-state index contributed by atoms with van der Waals surface area (Å²) in [6.07, 6.45) is 0. The summed E-state index contributed by atoms with van der Waals surface area (Å²) in [6, 6.07) is 71.4. The number of thiophene rings is 1. The Kier molecular flexibility index (Phi) is 23.5. The van der Waals surface area contributed by atoms with Crippen LogP contribution in [0.15, 0.2) is 243 Å². The van der Waals surface area contributed by atoms with Crippen molar-refractivity contribution < 1.29 is 40.6 Å². The van der Waals surface area contributed by atoms with E-state index >= 15 is 0 Å². The van der Waals surface area contributed by atoms with Crippen LogP contribution in [0.4, 0.5) is 49.1 Å². The number of halogens is 6. The predicted molar refractivity (Wildman–Crippen MR) is 478 cm³/mol. The van der Waals surface area contributed by atoms with Crippen LogP contribution in [0.1, 0.15) is 16.7 Å². The third kappa shape index (κ3) is 16.7. The molecule has 0 aliphatic carbocycles. The minimum Gasteiger partial charge on any atom is -0.496 e. The second kappa shape index (κ2) is 34.9. The smallest absolute Gasteiger partial charge is 0.148 e. The Balaban J connectivity index is 0.000000114. The van der Waals surface area contributed by atoms with E-state index in [2.05, 4.69) is 83.3 Å². The first-order chi connectivity index (χ1) is 58.9. The van der Waals surface area contributed by atoms with E-state index in [9.17, 15) is 26.3 Å². The fraction of sp³-hybridized carbons (Fsp3) is 0.106. The lowest BCUT2D eigenvalue weighted by Crippen LogP contribution is -2.00. The summed E-state index contributed by atoms with van der Waals surface area (Å²) in [5.74, 6) is 0.0335. The molecule has 28 heteroatoms. The lowest BCUT2D eigenvalue weighted by Gasteiger charge is -2.09. The topological polar surface area (TPSA) is 312 Å². The lowest BCUT2D eigenvalue weighted by molar-refractivity contribution is 0.410.